The Bertz CT molecular complexity index is 1000. The average molecular weight is 458 g/mol. The predicted molar refractivity (Wildman–Crippen MR) is 113 cm³/mol. The molecule has 5 nitrogen and oxygen atoms in total. The molecular weight excluding hydrogens is 439 g/mol. The molecule has 0 unspecified atom stereocenters. The first kappa shape index (κ1) is 17.2. The van der Waals surface area contributed by atoms with Crippen molar-refractivity contribution < 1.29 is 4.79 Å². The zero-order valence-electron chi connectivity index (χ0n) is 14.7. The van der Waals surface area contributed by atoms with Crippen molar-refractivity contribution in [3.8, 4) is 0 Å². The molecular formula is C20H19IN4O. The summed E-state index contributed by atoms with van der Waals surface area (Å²) in [6.07, 6.45) is 0.874. The minimum absolute atomic E-state index is 0.0146. The summed E-state index contributed by atoms with van der Waals surface area (Å²) < 4.78 is 0.989. The molecule has 2 heterocycles. The summed E-state index contributed by atoms with van der Waals surface area (Å²) in [6, 6.07) is 13.6. The molecule has 0 saturated heterocycles. The van der Waals surface area contributed by atoms with Gasteiger partial charge in [0.05, 0.1) is 16.6 Å². The van der Waals surface area contributed by atoms with Crippen LogP contribution < -0.4 is 9.80 Å². The van der Waals surface area contributed by atoms with Crippen LogP contribution in [0.5, 0.6) is 0 Å². The Hall–Kier alpha value is -2.22. The van der Waals surface area contributed by atoms with Gasteiger partial charge < -0.3 is 4.90 Å². The summed E-state index contributed by atoms with van der Waals surface area (Å²) >= 11 is 2.25. The van der Waals surface area contributed by atoms with Gasteiger partial charge in [-0.3, -0.25) is 9.69 Å². The van der Waals surface area contributed by atoms with Crippen molar-refractivity contribution in [1.29, 1.82) is 0 Å². The van der Waals surface area contributed by atoms with Crippen molar-refractivity contribution in [2.24, 2.45) is 0 Å². The molecule has 132 valence electrons. The third-order valence-corrected chi connectivity index (χ3v) is 6.13. The molecule has 0 fully saturated rings. The number of amides is 1. The second-order valence-electron chi connectivity index (χ2n) is 6.53. The van der Waals surface area contributed by atoms with Crippen LogP contribution in [0, 0.1) is 10.5 Å². The Balaban J connectivity index is 1.87. The van der Waals surface area contributed by atoms with Crippen molar-refractivity contribution >= 4 is 51.2 Å². The molecule has 3 aromatic rings. The molecule has 0 N–H and O–H groups in total. The van der Waals surface area contributed by atoms with Gasteiger partial charge in [-0.15, -0.1) is 0 Å². The smallest absolute Gasteiger partial charge is 0.260 e. The van der Waals surface area contributed by atoms with Gasteiger partial charge in [-0.05, 0) is 59.7 Å². The van der Waals surface area contributed by atoms with Crippen LogP contribution in [0.1, 0.15) is 22.3 Å². The number of aryl methyl sites for hydroxylation is 1. The molecule has 1 amide bonds. The lowest BCUT2D eigenvalue weighted by Crippen LogP contribution is -2.33. The Morgan fingerprint density at radius 1 is 1.00 bits per heavy atom. The number of para-hydroxylation sites is 2. The summed E-state index contributed by atoms with van der Waals surface area (Å²) in [5.74, 6) is 1.39. The van der Waals surface area contributed by atoms with Crippen molar-refractivity contribution in [2.45, 2.75) is 13.3 Å². The molecule has 1 aliphatic rings. The number of nitrogens with zero attached hydrogens (tertiary/aromatic N) is 4. The molecule has 4 rings (SSSR count). The topological polar surface area (TPSA) is 49.3 Å². The van der Waals surface area contributed by atoms with Crippen molar-refractivity contribution in [3.05, 3.63) is 57.2 Å². The first-order valence-corrected chi connectivity index (χ1v) is 9.69. The number of aromatic nitrogens is 2. The van der Waals surface area contributed by atoms with E-state index < -0.39 is 0 Å². The molecule has 0 radical (unpaired) electrons. The molecule has 26 heavy (non-hydrogen) atoms. The van der Waals surface area contributed by atoms with Gasteiger partial charge in [-0.2, -0.15) is 0 Å². The van der Waals surface area contributed by atoms with Gasteiger partial charge in [0, 0.05) is 23.7 Å². The van der Waals surface area contributed by atoms with Gasteiger partial charge in [-0.1, -0.05) is 24.3 Å². The summed E-state index contributed by atoms with van der Waals surface area (Å²) in [5.41, 5.74) is 3.47. The molecule has 2 aromatic carbocycles. The highest BCUT2D eigenvalue weighted by Gasteiger charge is 2.28. The maximum Gasteiger partial charge on any atom is 0.260 e. The summed E-state index contributed by atoms with van der Waals surface area (Å²) in [5, 5.41) is 0. The van der Waals surface area contributed by atoms with Crippen LogP contribution >= 0.6 is 22.6 Å². The summed E-state index contributed by atoms with van der Waals surface area (Å²) in [4.78, 5) is 26.8. The highest BCUT2D eigenvalue weighted by atomic mass is 127. The fourth-order valence-electron chi connectivity index (χ4n) is 3.25. The predicted octanol–water partition coefficient (Wildman–Crippen LogP) is 4.03. The monoisotopic (exact) mass is 458 g/mol. The first-order chi connectivity index (χ1) is 12.6. The van der Waals surface area contributed by atoms with E-state index in [9.17, 15) is 4.79 Å². The third kappa shape index (κ3) is 2.92. The Kier molecular flexibility index (Phi) is 4.52. The SMILES string of the molecule is Cc1cccc(C(=O)N2CCCN(C)c3nc4ccccc4nc32)c1I. The van der Waals surface area contributed by atoms with E-state index in [0.717, 1.165) is 44.5 Å². The number of rotatable bonds is 1. The fraction of sp³-hybridized carbons (Fsp3) is 0.250. The van der Waals surface area contributed by atoms with Gasteiger partial charge in [-0.25, -0.2) is 9.97 Å². The van der Waals surface area contributed by atoms with E-state index in [2.05, 4.69) is 27.5 Å². The molecule has 0 aliphatic carbocycles. The lowest BCUT2D eigenvalue weighted by molar-refractivity contribution is 0.0985. The van der Waals surface area contributed by atoms with Gasteiger partial charge in [0.25, 0.3) is 5.91 Å². The van der Waals surface area contributed by atoms with Gasteiger partial charge >= 0.3 is 0 Å². The minimum atomic E-state index is -0.0146. The molecule has 0 atom stereocenters. The van der Waals surface area contributed by atoms with Crippen LogP contribution in [0.15, 0.2) is 42.5 Å². The number of carbonyl (C=O) groups excluding carboxylic acids is 1. The largest absolute Gasteiger partial charge is 0.357 e. The number of anilines is 2. The van der Waals surface area contributed by atoms with E-state index in [1.165, 1.54) is 0 Å². The zero-order chi connectivity index (χ0) is 18.3. The second-order valence-corrected chi connectivity index (χ2v) is 7.61. The Labute approximate surface area is 166 Å². The maximum atomic E-state index is 13.4. The quantitative estimate of drug-likeness (QED) is 0.517. The van der Waals surface area contributed by atoms with Crippen molar-refractivity contribution in [1.82, 2.24) is 9.97 Å². The van der Waals surface area contributed by atoms with Crippen LogP contribution in [0.3, 0.4) is 0 Å². The lowest BCUT2D eigenvalue weighted by Gasteiger charge is -2.23. The van der Waals surface area contributed by atoms with Crippen LogP contribution in [0.2, 0.25) is 0 Å². The van der Waals surface area contributed by atoms with E-state index in [4.69, 9.17) is 9.97 Å². The van der Waals surface area contributed by atoms with E-state index in [0.29, 0.717) is 12.4 Å². The lowest BCUT2D eigenvalue weighted by atomic mass is 10.1. The van der Waals surface area contributed by atoms with Crippen LogP contribution in [0.25, 0.3) is 11.0 Å². The standard InChI is InChI=1S/C20H19IN4O/c1-13-7-5-8-14(17(13)21)20(26)25-12-6-11-24(2)18-19(25)23-16-10-4-3-9-15(16)22-18/h3-5,7-10H,6,11-12H2,1-2H3. The normalized spacial score (nSPS) is 14.3. The number of hydrogen-bond donors (Lipinski definition) is 0. The van der Waals surface area contributed by atoms with Crippen LogP contribution in [-0.4, -0.2) is 36.0 Å². The summed E-state index contributed by atoms with van der Waals surface area (Å²) in [7, 11) is 2.01. The Morgan fingerprint density at radius 3 is 2.42 bits per heavy atom. The molecule has 1 aliphatic heterocycles. The van der Waals surface area contributed by atoms with Gasteiger partial charge in [0.2, 0.25) is 0 Å². The minimum Gasteiger partial charge on any atom is -0.357 e. The maximum absolute atomic E-state index is 13.4. The highest BCUT2D eigenvalue weighted by molar-refractivity contribution is 14.1. The fourth-order valence-corrected chi connectivity index (χ4v) is 3.84. The number of benzene rings is 2. The second kappa shape index (κ2) is 6.83. The number of fused-ring (bicyclic) bond motifs is 2. The van der Waals surface area contributed by atoms with Gasteiger partial charge in [0.15, 0.2) is 11.6 Å². The van der Waals surface area contributed by atoms with E-state index in [1.54, 1.807) is 4.90 Å². The zero-order valence-corrected chi connectivity index (χ0v) is 16.9. The van der Waals surface area contributed by atoms with E-state index >= 15 is 0 Å². The molecule has 0 spiro atoms. The first-order valence-electron chi connectivity index (χ1n) is 8.61. The molecule has 6 heteroatoms. The highest BCUT2D eigenvalue weighted by Crippen LogP contribution is 2.32. The van der Waals surface area contributed by atoms with Crippen molar-refractivity contribution in [3.63, 3.8) is 0 Å². The number of halogens is 1. The molecule has 1 aromatic heterocycles. The van der Waals surface area contributed by atoms with E-state index in [-0.39, 0.29) is 5.91 Å². The molecule has 0 saturated carbocycles. The number of carbonyl (C=O) groups is 1. The van der Waals surface area contributed by atoms with E-state index in [1.807, 2.05) is 56.4 Å². The summed E-state index contributed by atoms with van der Waals surface area (Å²) in [6.45, 7) is 3.50. The third-order valence-electron chi connectivity index (χ3n) is 4.69. The average Bonchev–Trinajstić information content (AvgIpc) is 2.81. The Morgan fingerprint density at radius 2 is 1.69 bits per heavy atom. The molecule has 0 bridgehead atoms. The van der Waals surface area contributed by atoms with Crippen LogP contribution in [-0.2, 0) is 0 Å². The van der Waals surface area contributed by atoms with Crippen LogP contribution in [0.4, 0.5) is 11.6 Å². The number of hydrogen-bond acceptors (Lipinski definition) is 4. The van der Waals surface area contributed by atoms with Crippen molar-refractivity contribution in [2.75, 3.05) is 29.9 Å². The van der Waals surface area contributed by atoms with Gasteiger partial charge in [0.1, 0.15) is 0 Å².